The minimum atomic E-state index is -0.748. The second-order valence-electron chi connectivity index (χ2n) is 6.50. The molecule has 114 valence electrons. The summed E-state index contributed by atoms with van der Waals surface area (Å²) in [7, 11) is 0. The summed E-state index contributed by atoms with van der Waals surface area (Å²) in [5.41, 5.74) is 0. The van der Waals surface area contributed by atoms with Crippen LogP contribution in [0.5, 0.6) is 0 Å². The largest absolute Gasteiger partial charge is 0.481 e. The molecule has 1 amide bonds. The Hall–Kier alpha value is -1.10. The topological polar surface area (TPSA) is 69.6 Å². The number of nitrogens with zero attached hydrogens (tertiary/aromatic N) is 1. The Balaban J connectivity index is 1.77. The highest BCUT2D eigenvalue weighted by Crippen LogP contribution is 2.29. The van der Waals surface area contributed by atoms with Crippen molar-refractivity contribution in [2.75, 3.05) is 19.6 Å². The SMILES string of the molecule is CC1CCCC(NC(=O)CN2CCC(C(=O)O)C2)C1C. The molecule has 2 fully saturated rings. The number of aliphatic carboxylic acids is 1. The van der Waals surface area contributed by atoms with Crippen LogP contribution in [0, 0.1) is 17.8 Å². The lowest BCUT2D eigenvalue weighted by Crippen LogP contribution is -2.47. The Morgan fingerprint density at radius 3 is 2.65 bits per heavy atom. The first-order valence-electron chi connectivity index (χ1n) is 7.72. The van der Waals surface area contributed by atoms with Crippen LogP contribution in [0.1, 0.15) is 39.5 Å². The van der Waals surface area contributed by atoms with Crippen LogP contribution in [0.25, 0.3) is 0 Å². The summed E-state index contributed by atoms with van der Waals surface area (Å²) in [6, 6.07) is 0.282. The average molecular weight is 282 g/mol. The summed E-state index contributed by atoms with van der Waals surface area (Å²) >= 11 is 0. The van der Waals surface area contributed by atoms with E-state index in [1.165, 1.54) is 12.8 Å². The van der Waals surface area contributed by atoms with Gasteiger partial charge < -0.3 is 10.4 Å². The maximum absolute atomic E-state index is 12.1. The molecule has 20 heavy (non-hydrogen) atoms. The Bertz CT molecular complexity index is 372. The van der Waals surface area contributed by atoms with E-state index in [4.69, 9.17) is 5.11 Å². The van der Waals surface area contributed by atoms with Gasteiger partial charge in [0.2, 0.25) is 5.91 Å². The highest BCUT2D eigenvalue weighted by Gasteiger charge is 2.31. The number of hydrogen-bond donors (Lipinski definition) is 2. The lowest BCUT2D eigenvalue weighted by Gasteiger charge is -2.35. The number of carbonyl (C=O) groups excluding carboxylic acids is 1. The number of carboxylic acid groups (broad SMARTS) is 1. The lowest BCUT2D eigenvalue weighted by molar-refractivity contribution is -0.141. The molecule has 1 aliphatic heterocycles. The zero-order valence-corrected chi connectivity index (χ0v) is 12.5. The van der Waals surface area contributed by atoms with Crippen LogP contribution >= 0.6 is 0 Å². The predicted octanol–water partition coefficient (Wildman–Crippen LogP) is 1.33. The fourth-order valence-corrected chi connectivity index (χ4v) is 3.42. The van der Waals surface area contributed by atoms with Crippen LogP contribution in [0.15, 0.2) is 0 Å². The third kappa shape index (κ3) is 3.72. The van der Waals surface area contributed by atoms with E-state index in [-0.39, 0.29) is 17.9 Å². The Kier molecular flexibility index (Phi) is 5.02. The number of hydrogen-bond acceptors (Lipinski definition) is 3. The maximum atomic E-state index is 12.1. The second-order valence-corrected chi connectivity index (χ2v) is 6.50. The molecular weight excluding hydrogens is 256 g/mol. The van der Waals surface area contributed by atoms with Crippen molar-refractivity contribution in [2.45, 2.75) is 45.6 Å². The summed E-state index contributed by atoms with van der Waals surface area (Å²) < 4.78 is 0. The first-order valence-corrected chi connectivity index (χ1v) is 7.72. The fourth-order valence-electron chi connectivity index (χ4n) is 3.42. The van der Waals surface area contributed by atoms with Gasteiger partial charge in [0, 0.05) is 12.6 Å². The van der Waals surface area contributed by atoms with Gasteiger partial charge in [-0.05, 0) is 31.2 Å². The van der Waals surface area contributed by atoms with Gasteiger partial charge in [0.15, 0.2) is 0 Å². The first kappa shape index (κ1) is 15.3. The highest BCUT2D eigenvalue weighted by atomic mass is 16.4. The van der Waals surface area contributed by atoms with Crippen LogP contribution in [0.3, 0.4) is 0 Å². The fraction of sp³-hybridized carbons (Fsp3) is 0.867. The van der Waals surface area contributed by atoms with Crippen molar-refractivity contribution in [1.82, 2.24) is 10.2 Å². The van der Waals surface area contributed by atoms with Crippen LogP contribution in [0.4, 0.5) is 0 Å². The van der Waals surface area contributed by atoms with Gasteiger partial charge in [-0.25, -0.2) is 0 Å². The zero-order chi connectivity index (χ0) is 14.7. The summed E-state index contributed by atoms with van der Waals surface area (Å²) in [6.45, 7) is 6.01. The van der Waals surface area contributed by atoms with Gasteiger partial charge in [0.1, 0.15) is 0 Å². The molecule has 0 bridgehead atoms. The maximum Gasteiger partial charge on any atom is 0.307 e. The minimum Gasteiger partial charge on any atom is -0.481 e. The number of amides is 1. The van der Waals surface area contributed by atoms with Gasteiger partial charge in [-0.2, -0.15) is 0 Å². The van der Waals surface area contributed by atoms with Crippen LogP contribution in [-0.2, 0) is 9.59 Å². The highest BCUT2D eigenvalue weighted by molar-refractivity contribution is 5.78. The van der Waals surface area contributed by atoms with E-state index in [0.717, 1.165) is 6.42 Å². The van der Waals surface area contributed by atoms with E-state index < -0.39 is 5.97 Å². The van der Waals surface area contributed by atoms with Crippen molar-refractivity contribution in [2.24, 2.45) is 17.8 Å². The van der Waals surface area contributed by atoms with Gasteiger partial charge in [0.25, 0.3) is 0 Å². The number of rotatable bonds is 4. The number of carbonyl (C=O) groups is 2. The van der Waals surface area contributed by atoms with Crippen molar-refractivity contribution in [3.63, 3.8) is 0 Å². The third-order valence-electron chi connectivity index (χ3n) is 5.04. The van der Waals surface area contributed by atoms with E-state index in [1.54, 1.807) is 0 Å². The Morgan fingerprint density at radius 1 is 1.25 bits per heavy atom. The molecule has 1 aliphatic carbocycles. The summed E-state index contributed by atoms with van der Waals surface area (Å²) in [6.07, 6.45) is 4.15. The molecule has 5 nitrogen and oxygen atoms in total. The molecule has 0 aromatic rings. The Morgan fingerprint density at radius 2 is 2.00 bits per heavy atom. The van der Waals surface area contributed by atoms with Gasteiger partial charge >= 0.3 is 5.97 Å². The zero-order valence-electron chi connectivity index (χ0n) is 12.5. The monoisotopic (exact) mass is 282 g/mol. The molecule has 0 radical (unpaired) electrons. The number of nitrogens with one attached hydrogen (secondary N) is 1. The van der Waals surface area contributed by atoms with E-state index in [2.05, 4.69) is 19.2 Å². The molecule has 0 aromatic carbocycles. The van der Waals surface area contributed by atoms with Gasteiger partial charge in [-0.3, -0.25) is 14.5 Å². The van der Waals surface area contributed by atoms with E-state index in [9.17, 15) is 9.59 Å². The molecule has 1 saturated carbocycles. The molecule has 2 N–H and O–H groups in total. The second kappa shape index (κ2) is 6.57. The molecule has 0 aromatic heterocycles. The summed E-state index contributed by atoms with van der Waals surface area (Å²) in [4.78, 5) is 24.9. The van der Waals surface area contributed by atoms with E-state index in [1.807, 2.05) is 4.90 Å². The van der Waals surface area contributed by atoms with Crippen molar-refractivity contribution >= 4 is 11.9 Å². The van der Waals surface area contributed by atoms with Crippen LogP contribution in [-0.4, -0.2) is 47.6 Å². The quantitative estimate of drug-likeness (QED) is 0.816. The average Bonchev–Trinajstić information content (AvgIpc) is 2.83. The normalized spacial score (nSPS) is 34.9. The molecule has 0 spiro atoms. The molecule has 1 saturated heterocycles. The van der Waals surface area contributed by atoms with Crippen molar-refractivity contribution in [3.05, 3.63) is 0 Å². The molecule has 4 atom stereocenters. The van der Waals surface area contributed by atoms with Crippen molar-refractivity contribution in [1.29, 1.82) is 0 Å². The molecule has 5 heteroatoms. The Labute approximate surface area is 120 Å². The van der Waals surface area contributed by atoms with Gasteiger partial charge in [0.05, 0.1) is 12.5 Å². The standard InChI is InChI=1S/C15H26N2O3/c1-10-4-3-5-13(11(10)2)16-14(18)9-17-7-6-12(8-17)15(19)20/h10-13H,3-9H2,1-2H3,(H,16,18)(H,19,20). The molecule has 4 unspecified atom stereocenters. The van der Waals surface area contributed by atoms with Crippen LogP contribution < -0.4 is 5.32 Å². The first-order chi connectivity index (χ1) is 9.47. The molecular formula is C15H26N2O3. The van der Waals surface area contributed by atoms with E-state index >= 15 is 0 Å². The lowest BCUT2D eigenvalue weighted by atomic mass is 9.78. The van der Waals surface area contributed by atoms with Crippen molar-refractivity contribution in [3.8, 4) is 0 Å². The number of likely N-dealkylation sites (tertiary alicyclic amines) is 1. The van der Waals surface area contributed by atoms with Crippen molar-refractivity contribution < 1.29 is 14.7 Å². The molecule has 1 heterocycles. The predicted molar refractivity (Wildman–Crippen MR) is 76.3 cm³/mol. The smallest absolute Gasteiger partial charge is 0.307 e. The van der Waals surface area contributed by atoms with Crippen LogP contribution in [0.2, 0.25) is 0 Å². The minimum absolute atomic E-state index is 0.0435. The van der Waals surface area contributed by atoms with E-state index in [0.29, 0.717) is 37.9 Å². The summed E-state index contributed by atoms with van der Waals surface area (Å²) in [5.74, 6) is 0.177. The third-order valence-corrected chi connectivity index (χ3v) is 5.04. The summed E-state index contributed by atoms with van der Waals surface area (Å²) in [5, 5.41) is 12.1. The molecule has 2 rings (SSSR count). The van der Waals surface area contributed by atoms with Gasteiger partial charge in [-0.1, -0.05) is 26.7 Å². The van der Waals surface area contributed by atoms with Gasteiger partial charge in [-0.15, -0.1) is 0 Å². The number of carboxylic acids is 1. The molecule has 2 aliphatic rings.